The normalized spacial score (nSPS) is 19.6. The number of nitrogens with one attached hydrogen (secondary N) is 1. The lowest BCUT2D eigenvalue weighted by atomic mass is 9.93. The summed E-state index contributed by atoms with van der Waals surface area (Å²) in [5.41, 5.74) is 1.16. The molecule has 0 radical (unpaired) electrons. The Morgan fingerprint density at radius 1 is 1.37 bits per heavy atom. The van der Waals surface area contributed by atoms with E-state index in [-0.39, 0.29) is 0 Å². The van der Waals surface area contributed by atoms with E-state index >= 15 is 0 Å². The molecule has 19 heavy (non-hydrogen) atoms. The molecular weight excluding hydrogens is 254 g/mol. The Labute approximate surface area is 119 Å². The van der Waals surface area contributed by atoms with Gasteiger partial charge in [0.25, 0.3) is 0 Å². The molecule has 0 aliphatic heterocycles. The number of nitrogens with zero attached hydrogens (tertiary/aromatic N) is 2. The van der Waals surface area contributed by atoms with Crippen LogP contribution in [0.25, 0.3) is 4.96 Å². The predicted octanol–water partition coefficient (Wildman–Crippen LogP) is 3.84. The number of thiazole rings is 1. The van der Waals surface area contributed by atoms with E-state index in [0.29, 0.717) is 6.04 Å². The third-order valence-corrected chi connectivity index (χ3v) is 5.13. The van der Waals surface area contributed by atoms with Crippen molar-refractivity contribution < 1.29 is 0 Å². The maximum absolute atomic E-state index is 4.63. The van der Waals surface area contributed by atoms with E-state index in [1.54, 1.807) is 11.3 Å². The highest BCUT2D eigenvalue weighted by molar-refractivity contribution is 7.15. The van der Waals surface area contributed by atoms with Crippen LogP contribution in [0.3, 0.4) is 0 Å². The number of imidazole rings is 1. The standard InChI is InChI=1S/C15H23N3S/c1-12(13-6-4-2-3-5-7-13)16-10-14-11-18-8-9-19-15(18)17-14/h8-9,11-13,16H,2-7,10H2,1H3/t12-/m1/s1. The van der Waals surface area contributed by atoms with Crippen LogP contribution in [0.2, 0.25) is 0 Å². The van der Waals surface area contributed by atoms with E-state index in [0.717, 1.165) is 23.1 Å². The monoisotopic (exact) mass is 277 g/mol. The van der Waals surface area contributed by atoms with Gasteiger partial charge in [-0.3, -0.25) is 4.40 Å². The fourth-order valence-corrected chi connectivity index (χ4v) is 3.82. The SMILES string of the molecule is C[C@@H](NCc1cn2ccsc2n1)C1CCCCCC1. The van der Waals surface area contributed by atoms with Crippen LogP contribution in [0.1, 0.15) is 51.1 Å². The van der Waals surface area contributed by atoms with E-state index in [9.17, 15) is 0 Å². The molecule has 0 unspecified atom stereocenters. The summed E-state index contributed by atoms with van der Waals surface area (Å²) in [6.45, 7) is 3.24. The molecule has 1 fully saturated rings. The van der Waals surface area contributed by atoms with Gasteiger partial charge in [0, 0.05) is 30.4 Å². The topological polar surface area (TPSA) is 29.3 Å². The van der Waals surface area contributed by atoms with Crippen LogP contribution < -0.4 is 5.32 Å². The highest BCUT2D eigenvalue weighted by Crippen LogP contribution is 2.25. The van der Waals surface area contributed by atoms with E-state index < -0.39 is 0 Å². The Morgan fingerprint density at radius 3 is 2.89 bits per heavy atom. The van der Waals surface area contributed by atoms with Gasteiger partial charge >= 0.3 is 0 Å². The highest BCUT2D eigenvalue weighted by Gasteiger charge is 2.18. The Hall–Kier alpha value is -0.870. The number of hydrogen-bond donors (Lipinski definition) is 1. The molecule has 0 aromatic carbocycles. The van der Waals surface area contributed by atoms with Gasteiger partial charge in [-0.05, 0) is 25.7 Å². The summed E-state index contributed by atoms with van der Waals surface area (Å²) in [6.07, 6.45) is 12.7. The molecule has 0 spiro atoms. The molecule has 2 aromatic heterocycles. The second kappa shape index (κ2) is 6.06. The van der Waals surface area contributed by atoms with Gasteiger partial charge in [-0.1, -0.05) is 25.7 Å². The second-order valence-corrected chi connectivity index (χ2v) is 6.62. The third kappa shape index (κ3) is 3.18. The Kier molecular flexibility index (Phi) is 4.18. The van der Waals surface area contributed by atoms with Gasteiger partial charge in [-0.15, -0.1) is 11.3 Å². The van der Waals surface area contributed by atoms with Crippen molar-refractivity contribution >= 4 is 16.3 Å². The van der Waals surface area contributed by atoms with Crippen molar-refractivity contribution in [3.05, 3.63) is 23.5 Å². The zero-order valence-corrected chi connectivity index (χ0v) is 12.5. The van der Waals surface area contributed by atoms with Crippen molar-refractivity contribution in [2.75, 3.05) is 0 Å². The smallest absolute Gasteiger partial charge is 0.193 e. The lowest BCUT2D eigenvalue weighted by Gasteiger charge is -2.23. The summed E-state index contributed by atoms with van der Waals surface area (Å²) in [4.78, 5) is 5.72. The minimum absolute atomic E-state index is 0.609. The summed E-state index contributed by atoms with van der Waals surface area (Å²) >= 11 is 1.70. The number of rotatable bonds is 4. The lowest BCUT2D eigenvalue weighted by Crippen LogP contribution is -2.33. The quantitative estimate of drug-likeness (QED) is 0.860. The Bertz CT molecular complexity index is 480. The molecule has 0 saturated heterocycles. The van der Waals surface area contributed by atoms with Crippen LogP contribution in [0.5, 0.6) is 0 Å². The summed E-state index contributed by atoms with van der Waals surface area (Å²) in [6, 6.07) is 0.609. The molecule has 1 aliphatic rings. The molecule has 3 nitrogen and oxygen atoms in total. The molecular formula is C15H23N3S. The Morgan fingerprint density at radius 2 is 2.16 bits per heavy atom. The number of fused-ring (bicyclic) bond motifs is 1. The van der Waals surface area contributed by atoms with Crippen molar-refractivity contribution in [3.63, 3.8) is 0 Å². The van der Waals surface area contributed by atoms with Crippen LogP contribution in [0.15, 0.2) is 17.8 Å². The van der Waals surface area contributed by atoms with E-state index in [1.165, 1.54) is 38.5 Å². The van der Waals surface area contributed by atoms with Crippen LogP contribution in [-0.2, 0) is 6.54 Å². The van der Waals surface area contributed by atoms with Gasteiger partial charge in [-0.25, -0.2) is 4.98 Å². The first kappa shape index (κ1) is 13.1. The van der Waals surface area contributed by atoms with E-state index in [2.05, 4.69) is 39.4 Å². The van der Waals surface area contributed by atoms with Gasteiger partial charge < -0.3 is 5.32 Å². The fraction of sp³-hybridized carbons (Fsp3) is 0.667. The maximum Gasteiger partial charge on any atom is 0.193 e. The molecule has 1 atom stereocenters. The van der Waals surface area contributed by atoms with E-state index in [1.807, 2.05) is 0 Å². The first-order valence-electron chi connectivity index (χ1n) is 7.47. The van der Waals surface area contributed by atoms with E-state index in [4.69, 9.17) is 0 Å². The summed E-state index contributed by atoms with van der Waals surface area (Å²) in [7, 11) is 0. The summed E-state index contributed by atoms with van der Waals surface area (Å²) in [5, 5.41) is 5.75. The molecule has 1 aliphatic carbocycles. The van der Waals surface area contributed by atoms with Crippen molar-refractivity contribution in [2.45, 2.75) is 58.0 Å². The molecule has 4 heteroatoms. The van der Waals surface area contributed by atoms with Crippen LogP contribution in [-0.4, -0.2) is 15.4 Å². The van der Waals surface area contributed by atoms with Crippen molar-refractivity contribution in [1.82, 2.24) is 14.7 Å². The van der Waals surface area contributed by atoms with Crippen molar-refractivity contribution in [2.24, 2.45) is 5.92 Å². The van der Waals surface area contributed by atoms with Crippen LogP contribution in [0, 0.1) is 5.92 Å². The van der Waals surface area contributed by atoms with Gasteiger partial charge in [0.05, 0.1) is 5.69 Å². The molecule has 1 N–H and O–H groups in total. The first-order chi connectivity index (χ1) is 9.33. The van der Waals surface area contributed by atoms with Gasteiger partial charge in [-0.2, -0.15) is 0 Å². The Balaban J connectivity index is 1.54. The second-order valence-electron chi connectivity index (χ2n) is 5.75. The third-order valence-electron chi connectivity index (χ3n) is 4.36. The highest BCUT2D eigenvalue weighted by atomic mass is 32.1. The average Bonchev–Trinajstić information content (AvgIpc) is 2.87. The lowest BCUT2D eigenvalue weighted by molar-refractivity contribution is 0.336. The van der Waals surface area contributed by atoms with Crippen molar-refractivity contribution in [1.29, 1.82) is 0 Å². The zero-order valence-electron chi connectivity index (χ0n) is 11.6. The first-order valence-corrected chi connectivity index (χ1v) is 8.35. The van der Waals surface area contributed by atoms with Crippen LogP contribution in [0.4, 0.5) is 0 Å². The minimum atomic E-state index is 0.609. The molecule has 2 aromatic rings. The largest absolute Gasteiger partial charge is 0.308 e. The molecule has 1 saturated carbocycles. The van der Waals surface area contributed by atoms with Gasteiger partial charge in [0.2, 0.25) is 0 Å². The average molecular weight is 277 g/mol. The van der Waals surface area contributed by atoms with Crippen LogP contribution >= 0.6 is 11.3 Å². The number of hydrogen-bond acceptors (Lipinski definition) is 3. The molecule has 3 rings (SSSR count). The molecule has 2 heterocycles. The summed E-state index contributed by atoms with van der Waals surface area (Å²) < 4.78 is 2.11. The fourth-order valence-electron chi connectivity index (χ4n) is 3.10. The van der Waals surface area contributed by atoms with Crippen molar-refractivity contribution in [3.8, 4) is 0 Å². The molecule has 0 amide bonds. The zero-order chi connectivity index (χ0) is 13.1. The number of aromatic nitrogens is 2. The maximum atomic E-state index is 4.63. The van der Waals surface area contributed by atoms with Gasteiger partial charge in [0.1, 0.15) is 0 Å². The van der Waals surface area contributed by atoms with Gasteiger partial charge in [0.15, 0.2) is 4.96 Å². The molecule has 0 bridgehead atoms. The predicted molar refractivity (Wildman–Crippen MR) is 80.6 cm³/mol. The molecule has 104 valence electrons. The summed E-state index contributed by atoms with van der Waals surface area (Å²) in [5.74, 6) is 0.853. The minimum Gasteiger partial charge on any atom is -0.308 e.